The SMILES string of the molecule is CCCCNC(=O)c1ccc(C=C2Oc3ccccc3N(Cc3ccccc3F)C2=O)cc1. The van der Waals surface area contributed by atoms with Gasteiger partial charge in [0.05, 0.1) is 12.2 Å². The van der Waals surface area contributed by atoms with Gasteiger partial charge in [0.1, 0.15) is 5.82 Å². The van der Waals surface area contributed by atoms with E-state index in [4.69, 9.17) is 4.74 Å². The Kier molecular flexibility index (Phi) is 6.83. The third-order valence-corrected chi connectivity index (χ3v) is 5.40. The molecule has 0 atom stereocenters. The van der Waals surface area contributed by atoms with Gasteiger partial charge in [0.15, 0.2) is 11.5 Å². The molecule has 5 nitrogen and oxygen atoms in total. The number of halogens is 1. The number of rotatable bonds is 7. The molecule has 6 heteroatoms. The van der Waals surface area contributed by atoms with Crippen molar-refractivity contribution in [2.45, 2.75) is 26.3 Å². The number of hydrogen-bond donors (Lipinski definition) is 1. The number of anilines is 1. The number of nitrogens with zero attached hydrogens (tertiary/aromatic N) is 1. The summed E-state index contributed by atoms with van der Waals surface area (Å²) in [5.41, 5.74) is 2.27. The number of hydrogen-bond acceptors (Lipinski definition) is 3. The third kappa shape index (κ3) is 5.12. The van der Waals surface area contributed by atoms with Crippen molar-refractivity contribution in [1.82, 2.24) is 5.32 Å². The van der Waals surface area contributed by atoms with Gasteiger partial charge in [-0.05, 0) is 48.4 Å². The van der Waals surface area contributed by atoms with Crippen LogP contribution in [-0.4, -0.2) is 18.4 Å². The summed E-state index contributed by atoms with van der Waals surface area (Å²) in [6, 6.07) is 20.5. The van der Waals surface area contributed by atoms with Gasteiger partial charge >= 0.3 is 0 Å². The van der Waals surface area contributed by atoms with Gasteiger partial charge < -0.3 is 10.1 Å². The molecular formula is C27H25FN2O3. The minimum Gasteiger partial charge on any atom is -0.449 e. The van der Waals surface area contributed by atoms with E-state index in [0.717, 1.165) is 12.8 Å². The maximum absolute atomic E-state index is 14.3. The molecule has 0 bridgehead atoms. The van der Waals surface area contributed by atoms with Crippen molar-refractivity contribution in [3.8, 4) is 5.75 Å². The summed E-state index contributed by atoms with van der Waals surface area (Å²) >= 11 is 0. The van der Waals surface area contributed by atoms with Gasteiger partial charge in [-0.2, -0.15) is 0 Å². The summed E-state index contributed by atoms with van der Waals surface area (Å²) in [4.78, 5) is 27.0. The van der Waals surface area contributed by atoms with Gasteiger partial charge in [-0.1, -0.05) is 55.8 Å². The highest BCUT2D eigenvalue weighted by atomic mass is 19.1. The molecule has 3 aromatic rings. The first kappa shape index (κ1) is 22.3. The lowest BCUT2D eigenvalue weighted by molar-refractivity contribution is -0.117. The Hall–Kier alpha value is -3.93. The predicted molar refractivity (Wildman–Crippen MR) is 126 cm³/mol. The molecule has 0 radical (unpaired) electrons. The highest BCUT2D eigenvalue weighted by Gasteiger charge is 2.30. The first-order valence-electron chi connectivity index (χ1n) is 11.0. The van der Waals surface area contributed by atoms with Crippen LogP contribution < -0.4 is 15.0 Å². The zero-order valence-electron chi connectivity index (χ0n) is 18.4. The van der Waals surface area contributed by atoms with Gasteiger partial charge in [0.25, 0.3) is 11.8 Å². The van der Waals surface area contributed by atoms with E-state index in [9.17, 15) is 14.0 Å². The summed E-state index contributed by atoms with van der Waals surface area (Å²) in [6.07, 6.45) is 3.57. The maximum atomic E-state index is 14.3. The fourth-order valence-electron chi connectivity index (χ4n) is 3.58. The van der Waals surface area contributed by atoms with Crippen molar-refractivity contribution in [2.24, 2.45) is 0 Å². The summed E-state index contributed by atoms with van der Waals surface area (Å²) in [7, 11) is 0. The van der Waals surface area contributed by atoms with Crippen LogP contribution in [0.4, 0.5) is 10.1 Å². The second kappa shape index (κ2) is 10.1. The number of para-hydroxylation sites is 2. The van der Waals surface area contributed by atoms with Crippen LogP contribution >= 0.6 is 0 Å². The fraction of sp³-hybridized carbons (Fsp3) is 0.185. The van der Waals surface area contributed by atoms with Gasteiger partial charge in [0, 0.05) is 17.7 Å². The van der Waals surface area contributed by atoms with Crippen LogP contribution in [0.1, 0.15) is 41.3 Å². The highest BCUT2D eigenvalue weighted by molar-refractivity contribution is 6.09. The topological polar surface area (TPSA) is 58.6 Å². The van der Waals surface area contributed by atoms with Crippen molar-refractivity contribution >= 4 is 23.6 Å². The van der Waals surface area contributed by atoms with Crippen LogP contribution in [0.25, 0.3) is 6.08 Å². The van der Waals surface area contributed by atoms with E-state index in [1.165, 1.54) is 11.0 Å². The van der Waals surface area contributed by atoms with Gasteiger partial charge in [0.2, 0.25) is 0 Å². The molecule has 0 saturated heterocycles. The molecule has 1 N–H and O–H groups in total. The molecule has 33 heavy (non-hydrogen) atoms. The lowest BCUT2D eigenvalue weighted by Crippen LogP contribution is -2.37. The van der Waals surface area contributed by atoms with E-state index in [2.05, 4.69) is 12.2 Å². The molecule has 0 saturated carbocycles. The molecule has 1 aliphatic heterocycles. The zero-order valence-corrected chi connectivity index (χ0v) is 18.4. The second-order valence-corrected chi connectivity index (χ2v) is 7.79. The number of benzene rings is 3. The largest absolute Gasteiger partial charge is 0.449 e. The van der Waals surface area contributed by atoms with Crippen LogP contribution in [0.15, 0.2) is 78.6 Å². The van der Waals surface area contributed by atoms with Gasteiger partial charge in [-0.15, -0.1) is 0 Å². The smallest absolute Gasteiger partial charge is 0.294 e. The number of fused-ring (bicyclic) bond motifs is 1. The lowest BCUT2D eigenvalue weighted by Gasteiger charge is -2.30. The van der Waals surface area contributed by atoms with Crippen LogP contribution in [0, 0.1) is 5.82 Å². The Bertz CT molecular complexity index is 1190. The number of nitrogens with one attached hydrogen (secondary N) is 1. The molecule has 3 aromatic carbocycles. The number of carbonyl (C=O) groups is 2. The van der Waals surface area contributed by atoms with Crippen LogP contribution in [-0.2, 0) is 11.3 Å². The molecule has 4 rings (SSSR count). The van der Waals surface area contributed by atoms with Gasteiger partial charge in [-0.3, -0.25) is 14.5 Å². The summed E-state index contributed by atoms with van der Waals surface area (Å²) in [5, 5.41) is 2.88. The van der Waals surface area contributed by atoms with Crippen molar-refractivity contribution in [1.29, 1.82) is 0 Å². The van der Waals surface area contributed by atoms with Crippen LogP contribution in [0.3, 0.4) is 0 Å². The van der Waals surface area contributed by atoms with Crippen molar-refractivity contribution in [3.05, 3.63) is 101 Å². The van der Waals surface area contributed by atoms with E-state index in [1.807, 2.05) is 12.1 Å². The molecule has 1 heterocycles. The molecule has 1 aliphatic rings. The number of amides is 2. The van der Waals surface area contributed by atoms with E-state index in [-0.39, 0.29) is 29.9 Å². The molecule has 0 unspecified atom stereocenters. The molecule has 0 aliphatic carbocycles. The van der Waals surface area contributed by atoms with Crippen LogP contribution in [0.2, 0.25) is 0 Å². The number of unbranched alkanes of at least 4 members (excludes halogenated alkanes) is 1. The molecule has 2 amide bonds. The predicted octanol–water partition coefficient (Wildman–Crippen LogP) is 5.32. The first-order chi connectivity index (χ1) is 16.1. The monoisotopic (exact) mass is 444 g/mol. The lowest BCUT2D eigenvalue weighted by atomic mass is 10.1. The summed E-state index contributed by atoms with van der Waals surface area (Å²) < 4.78 is 20.2. The van der Waals surface area contributed by atoms with Crippen molar-refractivity contribution < 1.29 is 18.7 Å². The molecule has 0 fully saturated rings. The second-order valence-electron chi connectivity index (χ2n) is 7.79. The molecular weight excluding hydrogens is 419 g/mol. The van der Waals surface area contributed by atoms with E-state index < -0.39 is 0 Å². The quantitative estimate of drug-likeness (QED) is 0.396. The minimum absolute atomic E-state index is 0.0834. The molecule has 0 aromatic heterocycles. The standard InChI is InChI=1S/C27H25FN2O3/c1-2-3-16-29-26(31)20-14-12-19(13-15-20)17-25-27(32)30(18-21-8-4-5-9-22(21)28)23-10-6-7-11-24(23)33-25/h4-15,17H,2-3,16,18H2,1H3,(H,29,31). The van der Waals surface area contributed by atoms with Gasteiger partial charge in [-0.25, -0.2) is 4.39 Å². The molecule has 0 spiro atoms. The van der Waals surface area contributed by atoms with E-state index in [1.54, 1.807) is 60.7 Å². The average Bonchev–Trinajstić information content (AvgIpc) is 2.83. The van der Waals surface area contributed by atoms with Crippen molar-refractivity contribution in [2.75, 3.05) is 11.4 Å². The first-order valence-corrected chi connectivity index (χ1v) is 11.0. The highest BCUT2D eigenvalue weighted by Crippen LogP contribution is 2.36. The maximum Gasteiger partial charge on any atom is 0.294 e. The normalized spacial score (nSPS) is 14.1. The Balaban J connectivity index is 1.58. The average molecular weight is 445 g/mol. The third-order valence-electron chi connectivity index (χ3n) is 5.40. The van der Waals surface area contributed by atoms with Crippen molar-refractivity contribution in [3.63, 3.8) is 0 Å². The Morgan fingerprint density at radius 1 is 1.03 bits per heavy atom. The van der Waals surface area contributed by atoms with E-state index >= 15 is 0 Å². The van der Waals surface area contributed by atoms with E-state index in [0.29, 0.717) is 34.7 Å². The number of ether oxygens (including phenoxy) is 1. The Morgan fingerprint density at radius 3 is 2.52 bits per heavy atom. The minimum atomic E-state index is -0.368. The number of carbonyl (C=O) groups excluding carboxylic acids is 2. The summed E-state index contributed by atoms with van der Waals surface area (Å²) in [6.45, 7) is 2.79. The Labute approximate surface area is 192 Å². The molecule has 168 valence electrons. The summed E-state index contributed by atoms with van der Waals surface area (Å²) in [5.74, 6) is -0.208. The zero-order chi connectivity index (χ0) is 23.2. The van der Waals surface area contributed by atoms with Crippen LogP contribution in [0.5, 0.6) is 5.75 Å². The fourth-order valence-corrected chi connectivity index (χ4v) is 3.58. The Morgan fingerprint density at radius 2 is 1.76 bits per heavy atom.